The van der Waals surface area contributed by atoms with Gasteiger partial charge in [0.25, 0.3) is 0 Å². The Kier molecular flexibility index (Phi) is 6.12. The SMILES string of the molecule is C#Cc1c(F)ccc2cccc(-c3nc4c5c(nc(OC[C@]67CCCN6CCC7=C)nc5c3F)N3CC5CCC(N5)C3C(C)O4)c12. The van der Waals surface area contributed by atoms with Crippen LogP contribution < -0.4 is 19.7 Å². The Labute approximate surface area is 265 Å². The molecule has 9 rings (SSSR count). The van der Waals surface area contributed by atoms with E-state index in [4.69, 9.17) is 30.8 Å². The lowest BCUT2D eigenvalue weighted by atomic mass is 9.91. The molecule has 5 aliphatic heterocycles. The summed E-state index contributed by atoms with van der Waals surface area (Å²) in [5, 5.41) is 5.24. The molecule has 4 aromatic rings. The Bertz CT molecular complexity index is 2010. The van der Waals surface area contributed by atoms with Gasteiger partial charge in [0, 0.05) is 36.1 Å². The predicted octanol–water partition coefficient (Wildman–Crippen LogP) is 5.37. The molecule has 0 aliphatic carbocycles. The number of ether oxygens (including phenoxy) is 2. The molecule has 0 saturated carbocycles. The second-order valence-corrected chi connectivity index (χ2v) is 13.4. The topological polar surface area (TPSA) is 75.6 Å². The van der Waals surface area contributed by atoms with E-state index in [9.17, 15) is 4.39 Å². The Hall–Kier alpha value is -4.33. The molecule has 2 bridgehead atoms. The number of rotatable bonds is 4. The Morgan fingerprint density at radius 1 is 1.15 bits per heavy atom. The summed E-state index contributed by atoms with van der Waals surface area (Å²) in [4.78, 5) is 19.2. The van der Waals surface area contributed by atoms with Gasteiger partial charge >= 0.3 is 6.01 Å². The van der Waals surface area contributed by atoms with Crippen molar-refractivity contribution in [2.75, 3.05) is 31.1 Å². The zero-order chi connectivity index (χ0) is 31.3. The standard InChI is InChI=1S/C36H34F2N6O2/c1-4-23-25(37)11-9-21-7-5-8-24(27(21)23)30-29(38)31-28-33(42-35(41-31)45-18-36-14-6-15-43(36)16-13-19(36)2)44-17-22-10-12-26(39-22)32(44)20(3)46-34(28)40-30/h1,5,7-9,11,20,22,26,32,39H,2,6,10,12-18H2,3H3/t20?,22?,26?,32?,36-/m0/s1. The maximum atomic E-state index is 17.1. The largest absolute Gasteiger partial charge is 0.472 e. The molecular weight excluding hydrogens is 586 g/mol. The zero-order valence-corrected chi connectivity index (χ0v) is 25.7. The van der Waals surface area contributed by atoms with Crippen LogP contribution in [0.3, 0.4) is 0 Å². The van der Waals surface area contributed by atoms with Crippen LogP contribution in [-0.2, 0) is 0 Å². The van der Waals surface area contributed by atoms with Crippen LogP contribution in [0.5, 0.6) is 11.9 Å². The number of nitrogens with one attached hydrogen (secondary N) is 1. The van der Waals surface area contributed by atoms with Crippen molar-refractivity contribution in [3.05, 3.63) is 59.7 Å². The first kappa shape index (κ1) is 27.9. The number of anilines is 1. The van der Waals surface area contributed by atoms with Gasteiger partial charge in [-0.05, 0) is 57.0 Å². The maximum absolute atomic E-state index is 17.1. The number of nitrogens with zero attached hydrogens (tertiary/aromatic N) is 5. The zero-order valence-electron chi connectivity index (χ0n) is 25.7. The van der Waals surface area contributed by atoms with Gasteiger partial charge in [0.15, 0.2) is 5.82 Å². The van der Waals surface area contributed by atoms with Crippen molar-refractivity contribution in [2.45, 2.75) is 68.8 Å². The summed E-state index contributed by atoms with van der Waals surface area (Å²) in [7, 11) is 0. The highest BCUT2D eigenvalue weighted by Gasteiger charge is 2.49. The third-order valence-electron chi connectivity index (χ3n) is 11.0. The number of hydrogen-bond acceptors (Lipinski definition) is 8. The van der Waals surface area contributed by atoms with E-state index in [0.29, 0.717) is 46.7 Å². The lowest BCUT2D eigenvalue weighted by Gasteiger charge is -2.42. The van der Waals surface area contributed by atoms with Crippen molar-refractivity contribution in [3.63, 3.8) is 0 Å². The first-order valence-corrected chi connectivity index (χ1v) is 16.2. The van der Waals surface area contributed by atoms with E-state index in [2.05, 4.69) is 27.6 Å². The normalized spacial score (nSPS) is 28.2. The molecule has 0 radical (unpaired) electrons. The first-order valence-electron chi connectivity index (χ1n) is 16.2. The minimum Gasteiger partial charge on any atom is -0.472 e. The number of hydrogen-bond donors (Lipinski definition) is 1. The number of aromatic nitrogens is 3. The van der Waals surface area contributed by atoms with E-state index in [0.717, 1.165) is 50.8 Å². The van der Waals surface area contributed by atoms with Crippen LogP contribution in [0.2, 0.25) is 0 Å². The molecule has 234 valence electrons. The molecule has 4 saturated heterocycles. The average Bonchev–Trinajstić information content (AvgIpc) is 3.72. The van der Waals surface area contributed by atoms with Gasteiger partial charge in [-0.15, -0.1) is 6.42 Å². The van der Waals surface area contributed by atoms with Crippen molar-refractivity contribution in [2.24, 2.45) is 0 Å². The second kappa shape index (κ2) is 10.1. The lowest BCUT2D eigenvalue weighted by Crippen LogP contribution is -2.62. The highest BCUT2D eigenvalue weighted by atomic mass is 19.1. The predicted molar refractivity (Wildman–Crippen MR) is 172 cm³/mol. The molecule has 10 heteroatoms. The monoisotopic (exact) mass is 620 g/mol. The van der Waals surface area contributed by atoms with Gasteiger partial charge in [-0.25, -0.2) is 13.8 Å². The Morgan fingerprint density at radius 2 is 2.04 bits per heavy atom. The summed E-state index contributed by atoms with van der Waals surface area (Å²) in [5.41, 5.74) is 1.37. The molecule has 2 aromatic carbocycles. The lowest BCUT2D eigenvalue weighted by molar-refractivity contribution is 0.130. The number of benzene rings is 2. The molecule has 2 aromatic heterocycles. The molecule has 0 spiro atoms. The molecule has 46 heavy (non-hydrogen) atoms. The smallest absolute Gasteiger partial charge is 0.319 e. The molecule has 0 amide bonds. The summed E-state index contributed by atoms with van der Waals surface area (Å²) in [6, 6.07) is 8.81. The van der Waals surface area contributed by atoms with Gasteiger partial charge in [-0.1, -0.05) is 42.3 Å². The third-order valence-corrected chi connectivity index (χ3v) is 11.0. The Balaban J connectivity index is 1.26. The average molecular weight is 621 g/mol. The van der Waals surface area contributed by atoms with E-state index in [-0.39, 0.29) is 52.4 Å². The number of terminal acetylenes is 1. The fourth-order valence-corrected chi connectivity index (χ4v) is 8.84. The van der Waals surface area contributed by atoms with Crippen molar-refractivity contribution < 1.29 is 18.3 Å². The minimum absolute atomic E-state index is 0.0118. The first-order chi connectivity index (χ1) is 22.4. The van der Waals surface area contributed by atoms with Crippen LogP contribution in [0.1, 0.15) is 44.6 Å². The molecule has 5 atom stereocenters. The number of pyridine rings is 1. The van der Waals surface area contributed by atoms with Crippen LogP contribution in [0.25, 0.3) is 32.9 Å². The van der Waals surface area contributed by atoms with Gasteiger partial charge in [0.05, 0.1) is 17.1 Å². The van der Waals surface area contributed by atoms with Gasteiger partial charge in [-0.3, -0.25) is 4.90 Å². The fourth-order valence-electron chi connectivity index (χ4n) is 8.84. The van der Waals surface area contributed by atoms with Crippen molar-refractivity contribution in [1.82, 2.24) is 25.2 Å². The number of piperazine rings is 1. The quantitative estimate of drug-likeness (QED) is 0.241. The molecule has 8 nitrogen and oxygen atoms in total. The molecule has 5 aliphatic rings. The van der Waals surface area contributed by atoms with Crippen LogP contribution in [-0.4, -0.2) is 75.9 Å². The maximum Gasteiger partial charge on any atom is 0.319 e. The van der Waals surface area contributed by atoms with E-state index < -0.39 is 11.6 Å². The number of fused-ring (bicyclic) bond motifs is 7. The van der Waals surface area contributed by atoms with E-state index in [1.54, 1.807) is 18.2 Å². The van der Waals surface area contributed by atoms with Crippen LogP contribution >= 0.6 is 0 Å². The third kappa shape index (κ3) is 3.88. The van der Waals surface area contributed by atoms with Gasteiger partial charge in [-0.2, -0.15) is 9.97 Å². The summed E-state index contributed by atoms with van der Waals surface area (Å²) in [6.07, 6.45) is 10.5. The van der Waals surface area contributed by atoms with Crippen LogP contribution in [0, 0.1) is 24.0 Å². The van der Waals surface area contributed by atoms with Gasteiger partial charge in [0.1, 0.15) is 40.9 Å². The van der Waals surface area contributed by atoms with Crippen molar-refractivity contribution in [1.29, 1.82) is 0 Å². The van der Waals surface area contributed by atoms with E-state index >= 15 is 4.39 Å². The van der Waals surface area contributed by atoms with Gasteiger partial charge in [0.2, 0.25) is 5.88 Å². The summed E-state index contributed by atoms with van der Waals surface area (Å²) in [5.74, 6) is 2.06. The van der Waals surface area contributed by atoms with Crippen molar-refractivity contribution in [3.8, 4) is 35.5 Å². The minimum atomic E-state index is -0.661. The van der Waals surface area contributed by atoms with E-state index in [1.807, 2.05) is 13.0 Å². The van der Waals surface area contributed by atoms with Gasteiger partial charge < -0.3 is 19.7 Å². The summed E-state index contributed by atoms with van der Waals surface area (Å²) < 4.78 is 45.1. The number of halogens is 2. The van der Waals surface area contributed by atoms with Crippen molar-refractivity contribution >= 4 is 27.5 Å². The summed E-state index contributed by atoms with van der Waals surface area (Å²) in [6.45, 7) is 9.42. The second-order valence-electron chi connectivity index (χ2n) is 13.4. The molecular formula is C36H34F2N6O2. The highest BCUT2D eigenvalue weighted by Crippen LogP contribution is 2.46. The summed E-state index contributed by atoms with van der Waals surface area (Å²) >= 11 is 0. The molecule has 4 unspecified atom stereocenters. The molecule has 7 heterocycles. The van der Waals surface area contributed by atoms with E-state index in [1.165, 1.54) is 6.07 Å². The fraction of sp³-hybridized carbons (Fsp3) is 0.417. The van der Waals surface area contributed by atoms with Crippen LogP contribution in [0.4, 0.5) is 14.6 Å². The molecule has 1 N–H and O–H groups in total. The highest BCUT2D eigenvalue weighted by molar-refractivity contribution is 6.03. The molecule has 4 fully saturated rings. The van der Waals surface area contributed by atoms with Crippen LogP contribution in [0.15, 0.2) is 42.5 Å². The Morgan fingerprint density at radius 3 is 2.91 bits per heavy atom.